The predicted octanol–water partition coefficient (Wildman–Crippen LogP) is 3.64. The number of carbonyl (C=O) groups is 1. The molecule has 0 unspecified atom stereocenters. The van der Waals surface area contributed by atoms with Crippen LogP contribution in [-0.2, 0) is 4.79 Å². The molecule has 0 aliphatic carbocycles. The van der Waals surface area contributed by atoms with Gasteiger partial charge in [0.2, 0.25) is 5.91 Å². The molecule has 5 rings (SSSR count). The molecular formula is C24H28Cl2N6O. The Morgan fingerprint density at radius 1 is 1.21 bits per heavy atom. The molecule has 2 aliphatic heterocycles. The van der Waals surface area contributed by atoms with E-state index in [0.717, 1.165) is 48.2 Å². The third-order valence-corrected chi connectivity index (χ3v) is 7.38. The second kappa shape index (κ2) is 9.14. The first-order valence-corrected chi connectivity index (χ1v) is 12.1. The maximum absolute atomic E-state index is 12.8. The van der Waals surface area contributed by atoms with Crippen molar-refractivity contribution in [1.82, 2.24) is 19.8 Å². The summed E-state index contributed by atoms with van der Waals surface area (Å²) in [6.45, 7) is 4.95. The molecule has 0 radical (unpaired) electrons. The number of nitrogens with one attached hydrogen (secondary N) is 1. The van der Waals surface area contributed by atoms with Gasteiger partial charge in [-0.1, -0.05) is 29.3 Å². The lowest BCUT2D eigenvalue weighted by atomic mass is 10.1. The van der Waals surface area contributed by atoms with Crippen LogP contribution in [0.25, 0.3) is 11.0 Å². The normalized spacial score (nSPS) is 22.2. The number of halogens is 2. The number of hydrogen-bond donors (Lipinski definition) is 2. The molecule has 1 aromatic heterocycles. The minimum atomic E-state index is -0.332. The van der Waals surface area contributed by atoms with Gasteiger partial charge in [-0.3, -0.25) is 4.79 Å². The van der Waals surface area contributed by atoms with Gasteiger partial charge in [-0.25, -0.2) is 4.98 Å². The van der Waals surface area contributed by atoms with Gasteiger partial charge in [-0.05, 0) is 62.2 Å². The van der Waals surface area contributed by atoms with Crippen molar-refractivity contribution >= 4 is 45.8 Å². The molecule has 3 N–H and O–H groups in total. The highest BCUT2D eigenvalue weighted by molar-refractivity contribution is 6.35. The standard InChI is InChI=1S/C24H28Cl2N6O/c1-15(18-6-4-16(25)11-19(18)26)32-14-29-20-7-5-17(12-22(20)32)30-9-10-31(23(27)13-30)24(33)21-3-2-8-28-21/h4-7,11-12,14-15,21,23,28H,2-3,8-10,13,27H2,1H3/t15-,21-,23-/m1/s1. The molecule has 2 fully saturated rings. The molecule has 7 nitrogen and oxygen atoms in total. The maximum Gasteiger partial charge on any atom is 0.241 e. The summed E-state index contributed by atoms with van der Waals surface area (Å²) in [7, 11) is 0. The largest absolute Gasteiger partial charge is 0.366 e. The third kappa shape index (κ3) is 4.30. The average Bonchev–Trinajstić information content (AvgIpc) is 3.48. The minimum absolute atomic E-state index is 0.00865. The minimum Gasteiger partial charge on any atom is -0.366 e. The molecule has 2 aliphatic rings. The van der Waals surface area contributed by atoms with Crippen molar-refractivity contribution < 1.29 is 4.79 Å². The van der Waals surface area contributed by atoms with Crippen LogP contribution in [0.5, 0.6) is 0 Å². The molecule has 33 heavy (non-hydrogen) atoms. The first kappa shape index (κ1) is 22.5. The number of imidazole rings is 1. The van der Waals surface area contributed by atoms with Crippen molar-refractivity contribution in [1.29, 1.82) is 0 Å². The van der Waals surface area contributed by atoms with Crippen LogP contribution < -0.4 is 16.0 Å². The number of anilines is 1. The quantitative estimate of drug-likeness (QED) is 0.588. The lowest BCUT2D eigenvalue weighted by Gasteiger charge is -2.41. The summed E-state index contributed by atoms with van der Waals surface area (Å²) in [6.07, 6.45) is 3.45. The SMILES string of the molecule is C[C@H](c1ccc(Cl)cc1Cl)n1cnc2ccc(N3CCN(C(=O)[C@H]4CCCN4)[C@@H](N)C3)cc21. The summed E-state index contributed by atoms with van der Waals surface area (Å²) < 4.78 is 2.12. The number of carbonyl (C=O) groups excluding carboxylic acids is 1. The Balaban J connectivity index is 1.37. The molecule has 0 spiro atoms. The van der Waals surface area contributed by atoms with Crippen molar-refractivity contribution in [2.75, 3.05) is 31.1 Å². The van der Waals surface area contributed by atoms with E-state index in [2.05, 4.69) is 38.8 Å². The number of nitrogens with two attached hydrogens (primary N) is 1. The van der Waals surface area contributed by atoms with E-state index < -0.39 is 0 Å². The van der Waals surface area contributed by atoms with E-state index in [0.29, 0.717) is 23.1 Å². The molecule has 3 atom stereocenters. The van der Waals surface area contributed by atoms with Gasteiger partial charge in [-0.15, -0.1) is 0 Å². The summed E-state index contributed by atoms with van der Waals surface area (Å²) in [5, 5.41) is 4.54. The van der Waals surface area contributed by atoms with Crippen molar-refractivity contribution in [3.05, 3.63) is 58.3 Å². The fourth-order valence-corrected chi connectivity index (χ4v) is 5.49. The van der Waals surface area contributed by atoms with Crippen molar-refractivity contribution in [2.24, 2.45) is 5.73 Å². The highest BCUT2D eigenvalue weighted by Crippen LogP contribution is 2.32. The van der Waals surface area contributed by atoms with E-state index in [4.69, 9.17) is 28.9 Å². The van der Waals surface area contributed by atoms with Crippen LogP contribution in [-0.4, -0.2) is 58.7 Å². The molecular weight excluding hydrogens is 459 g/mol. The van der Waals surface area contributed by atoms with Gasteiger partial charge in [0.1, 0.15) is 0 Å². The summed E-state index contributed by atoms with van der Waals surface area (Å²) >= 11 is 12.6. The average molecular weight is 487 g/mol. The van der Waals surface area contributed by atoms with Crippen LogP contribution in [0.4, 0.5) is 5.69 Å². The Morgan fingerprint density at radius 2 is 2.06 bits per heavy atom. The van der Waals surface area contributed by atoms with Crippen molar-refractivity contribution in [3.8, 4) is 0 Å². The van der Waals surface area contributed by atoms with Crippen molar-refractivity contribution in [3.63, 3.8) is 0 Å². The molecule has 1 amide bonds. The van der Waals surface area contributed by atoms with Gasteiger partial charge < -0.3 is 25.4 Å². The molecule has 174 valence electrons. The molecule has 9 heteroatoms. The second-order valence-corrected chi connectivity index (χ2v) is 9.70. The summed E-state index contributed by atoms with van der Waals surface area (Å²) in [5.41, 5.74) is 10.4. The second-order valence-electron chi connectivity index (χ2n) is 8.86. The zero-order chi connectivity index (χ0) is 23.1. The number of nitrogens with zero attached hydrogens (tertiary/aromatic N) is 4. The fourth-order valence-electron chi connectivity index (χ4n) is 4.92. The Morgan fingerprint density at radius 3 is 2.79 bits per heavy atom. The van der Waals surface area contributed by atoms with Crippen LogP contribution in [0.3, 0.4) is 0 Å². The zero-order valence-corrected chi connectivity index (χ0v) is 20.1. The van der Waals surface area contributed by atoms with E-state index >= 15 is 0 Å². The predicted molar refractivity (Wildman–Crippen MR) is 133 cm³/mol. The Labute approximate surface area is 203 Å². The number of hydrogen-bond acceptors (Lipinski definition) is 5. The molecule has 2 saturated heterocycles. The van der Waals surface area contributed by atoms with Crippen LogP contribution in [0.15, 0.2) is 42.7 Å². The summed E-state index contributed by atoms with van der Waals surface area (Å²) in [4.78, 5) is 21.5. The summed E-state index contributed by atoms with van der Waals surface area (Å²) in [6, 6.07) is 11.7. The topological polar surface area (TPSA) is 79.4 Å². The van der Waals surface area contributed by atoms with E-state index in [1.807, 2.05) is 29.4 Å². The molecule has 3 heterocycles. The Kier molecular flexibility index (Phi) is 6.22. The maximum atomic E-state index is 12.8. The van der Waals surface area contributed by atoms with Crippen LogP contribution in [0.1, 0.15) is 31.4 Å². The monoisotopic (exact) mass is 486 g/mol. The van der Waals surface area contributed by atoms with Gasteiger partial charge in [0.25, 0.3) is 0 Å². The number of piperazine rings is 1. The fraction of sp³-hybridized carbons (Fsp3) is 0.417. The van der Waals surface area contributed by atoms with Gasteiger partial charge in [-0.2, -0.15) is 0 Å². The van der Waals surface area contributed by atoms with E-state index in [9.17, 15) is 4.79 Å². The molecule has 2 aromatic carbocycles. The van der Waals surface area contributed by atoms with E-state index in [-0.39, 0.29) is 24.2 Å². The highest BCUT2D eigenvalue weighted by atomic mass is 35.5. The first-order valence-electron chi connectivity index (χ1n) is 11.4. The molecule has 3 aromatic rings. The van der Waals surface area contributed by atoms with Crippen LogP contribution in [0, 0.1) is 0 Å². The Bertz CT molecular complexity index is 1170. The third-order valence-electron chi connectivity index (χ3n) is 6.81. The lowest BCUT2D eigenvalue weighted by Crippen LogP contribution is -2.61. The van der Waals surface area contributed by atoms with Gasteiger partial charge in [0.15, 0.2) is 0 Å². The number of fused-ring (bicyclic) bond motifs is 1. The number of benzene rings is 2. The number of rotatable bonds is 4. The summed E-state index contributed by atoms with van der Waals surface area (Å²) in [5.74, 6) is 0.127. The zero-order valence-electron chi connectivity index (χ0n) is 18.5. The van der Waals surface area contributed by atoms with Crippen molar-refractivity contribution in [2.45, 2.75) is 38.0 Å². The number of amides is 1. The molecule has 0 saturated carbocycles. The van der Waals surface area contributed by atoms with Gasteiger partial charge in [0.05, 0.1) is 42.2 Å². The van der Waals surface area contributed by atoms with Gasteiger partial charge in [0, 0.05) is 28.8 Å². The highest BCUT2D eigenvalue weighted by Gasteiger charge is 2.33. The smallest absolute Gasteiger partial charge is 0.241 e. The Hall–Kier alpha value is -2.32. The van der Waals surface area contributed by atoms with Gasteiger partial charge >= 0.3 is 0 Å². The number of aromatic nitrogens is 2. The first-order chi connectivity index (χ1) is 15.9. The molecule has 0 bridgehead atoms. The lowest BCUT2D eigenvalue weighted by molar-refractivity contribution is -0.135. The van der Waals surface area contributed by atoms with E-state index in [1.165, 1.54) is 0 Å². The van der Waals surface area contributed by atoms with Crippen LogP contribution >= 0.6 is 23.2 Å². The van der Waals surface area contributed by atoms with E-state index in [1.54, 1.807) is 6.07 Å². The van der Waals surface area contributed by atoms with Crippen LogP contribution in [0.2, 0.25) is 10.0 Å².